The topological polar surface area (TPSA) is 116 Å². The van der Waals surface area contributed by atoms with E-state index < -0.39 is 0 Å². The fourth-order valence-corrected chi connectivity index (χ4v) is 2.43. The third kappa shape index (κ3) is 42.1. The Kier molecular flexibility index (Phi) is 33.0. The van der Waals surface area contributed by atoms with E-state index in [4.69, 9.17) is 19.8 Å². The van der Waals surface area contributed by atoms with Gasteiger partial charge in [0.25, 0.3) is 20.7 Å². The van der Waals surface area contributed by atoms with Crippen LogP contribution >= 0.6 is 0 Å². The van der Waals surface area contributed by atoms with E-state index >= 15 is 0 Å². The standard InChI is InChI=1S/C10H11NO.C10H10O2.C9H10.3C2H7BO/c1-2-10(12)11-8-9-6-4-3-5-7-9;1-2-10(11)12-8-9-6-4-3-5-7-9;1-2-6-9-7-4-3-5-8-9;3*1-3(2)4/h2-7H,1,8H2,(H,11,12);2-7H,1,8H2;2-5,7-8H,1,6H2;3*4H,1-2H3. The molecule has 0 aromatic heterocycles. The van der Waals surface area contributed by atoms with Gasteiger partial charge in [-0.3, -0.25) is 4.79 Å². The van der Waals surface area contributed by atoms with Crippen molar-refractivity contribution in [2.24, 2.45) is 0 Å². The molecule has 0 aliphatic rings. The fraction of sp³-hybridized carbons (Fsp3) is 0.257. The molecule has 0 atom stereocenters. The van der Waals surface area contributed by atoms with Gasteiger partial charge < -0.3 is 25.1 Å². The Balaban J connectivity index is -0.000000503. The molecule has 45 heavy (non-hydrogen) atoms. The van der Waals surface area contributed by atoms with Gasteiger partial charge in [0, 0.05) is 12.6 Å². The smallest absolute Gasteiger partial charge is 0.330 e. The van der Waals surface area contributed by atoms with Crippen molar-refractivity contribution in [1.29, 1.82) is 0 Å². The first kappa shape index (κ1) is 45.3. The Morgan fingerprint density at radius 2 is 1.00 bits per heavy atom. The predicted molar refractivity (Wildman–Crippen MR) is 194 cm³/mol. The lowest BCUT2D eigenvalue weighted by Gasteiger charge is -2.00. The summed E-state index contributed by atoms with van der Waals surface area (Å²) < 4.78 is 4.82. The molecular formula is C35H52B3NO6. The molecule has 0 spiro atoms. The fourth-order valence-electron chi connectivity index (χ4n) is 2.43. The minimum absolute atomic E-state index is 0.140. The molecule has 1 amide bonds. The number of ether oxygens (including phenoxy) is 1. The van der Waals surface area contributed by atoms with Gasteiger partial charge >= 0.3 is 5.97 Å². The largest absolute Gasteiger partial charge is 0.458 e. The molecule has 3 rings (SSSR count). The average molecular weight is 615 g/mol. The Labute approximate surface area is 273 Å². The van der Waals surface area contributed by atoms with Crippen LogP contribution in [0.4, 0.5) is 0 Å². The van der Waals surface area contributed by atoms with Gasteiger partial charge in [-0.2, -0.15) is 0 Å². The molecule has 0 aliphatic carbocycles. The van der Waals surface area contributed by atoms with E-state index in [-0.39, 0.29) is 32.6 Å². The van der Waals surface area contributed by atoms with E-state index in [1.807, 2.05) is 84.9 Å². The molecular weight excluding hydrogens is 563 g/mol. The molecule has 10 heteroatoms. The minimum Gasteiger partial charge on any atom is -0.458 e. The number of esters is 1. The molecule has 4 N–H and O–H groups in total. The molecule has 0 saturated heterocycles. The molecule has 0 fully saturated rings. The van der Waals surface area contributed by atoms with Crippen LogP contribution in [-0.4, -0.2) is 47.7 Å². The molecule has 0 radical (unpaired) electrons. The summed E-state index contributed by atoms with van der Waals surface area (Å²) in [4.78, 5) is 21.4. The van der Waals surface area contributed by atoms with Crippen molar-refractivity contribution in [3.63, 3.8) is 0 Å². The zero-order valence-corrected chi connectivity index (χ0v) is 27.9. The Bertz CT molecular complexity index is 1050. The van der Waals surface area contributed by atoms with Crippen LogP contribution in [0.15, 0.2) is 129 Å². The highest BCUT2D eigenvalue weighted by atomic mass is 16.5. The molecule has 0 saturated carbocycles. The molecule has 0 bridgehead atoms. The lowest BCUT2D eigenvalue weighted by molar-refractivity contribution is -0.139. The van der Waals surface area contributed by atoms with Gasteiger partial charge in [-0.1, -0.05) is 151 Å². The highest BCUT2D eigenvalue weighted by molar-refractivity contribution is 6.47. The second-order valence-electron chi connectivity index (χ2n) is 9.96. The SMILES string of the molecule is C=CC(=O)NCc1ccccc1.C=CC(=O)OCc1ccccc1.C=CCc1ccccc1.CB(C)O.CB(C)O.CB(C)O. The molecule has 3 aromatic rings. The van der Waals surface area contributed by atoms with Crippen LogP contribution in [0.1, 0.15) is 16.7 Å². The number of carbonyl (C=O) groups excluding carboxylic acids is 2. The first-order valence-electron chi connectivity index (χ1n) is 14.7. The van der Waals surface area contributed by atoms with Crippen LogP contribution in [0.5, 0.6) is 0 Å². The molecule has 7 nitrogen and oxygen atoms in total. The van der Waals surface area contributed by atoms with E-state index in [1.54, 1.807) is 40.9 Å². The predicted octanol–water partition coefficient (Wildman–Crippen LogP) is 6.51. The number of benzene rings is 3. The highest BCUT2D eigenvalue weighted by Crippen LogP contribution is 2.00. The molecule has 242 valence electrons. The van der Waals surface area contributed by atoms with Gasteiger partial charge in [-0.05, 0) is 29.2 Å². The van der Waals surface area contributed by atoms with Crippen LogP contribution in [-0.2, 0) is 33.9 Å². The minimum atomic E-state index is -0.390. The Hall–Kier alpha value is -4.11. The van der Waals surface area contributed by atoms with Crippen molar-refractivity contribution >= 4 is 32.6 Å². The maximum atomic E-state index is 10.8. The monoisotopic (exact) mass is 615 g/mol. The van der Waals surface area contributed by atoms with Crippen molar-refractivity contribution in [1.82, 2.24) is 5.32 Å². The lowest BCUT2D eigenvalue weighted by Crippen LogP contribution is -2.19. The van der Waals surface area contributed by atoms with Crippen LogP contribution in [0.2, 0.25) is 40.9 Å². The summed E-state index contributed by atoms with van der Waals surface area (Å²) >= 11 is 0. The van der Waals surface area contributed by atoms with E-state index in [1.165, 1.54) is 11.6 Å². The number of rotatable bonds is 8. The van der Waals surface area contributed by atoms with Crippen LogP contribution in [0.25, 0.3) is 0 Å². The summed E-state index contributed by atoms with van der Waals surface area (Å²) in [5, 5.41) is 26.9. The van der Waals surface area contributed by atoms with E-state index in [2.05, 4.69) is 37.2 Å². The van der Waals surface area contributed by atoms with Crippen molar-refractivity contribution < 1.29 is 29.4 Å². The maximum Gasteiger partial charge on any atom is 0.330 e. The van der Waals surface area contributed by atoms with Gasteiger partial charge in [0.2, 0.25) is 5.91 Å². The Morgan fingerprint density at radius 3 is 1.33 bits per heavy atom. The molecule has 0 unspecified atom stereocenters. The van der Waals surface area contributed by atoms with Gasteiger partial charge in [0.1, 0.15) is 6.61 Å². The van der Waals surface area contributed by atoms with E-state index in [9.17, 15) is 9.59 Å². The quantitative estimate of drug-likeness (QED) is 0.0995. The van der Waals surface area contributed by atoms with E-state index in [0.717, 1.165) is 23.6 Å². The van der Waals surface area contributed by atoms with E-state index in [0.29, 0.717) is 13.2 Å². The number of carbonyl (C=O) groups is 2. The average Bonchev–Trinajstić information content (AvgIpc) is 3.00. The van der Waals surface area contributed by atoms with Gasteiger partial charge in [0.05, 0.1) is 0 Å². The summed E-state index contributed by atoms with van der Waals surface area (Å²) in [5.41, 5.74) is 3.40. The van der Waals surface area contributed by atoms with Crippen LogP contribution < -0.4 is 5.32 Å². The summed E-state index contributed by atoms with van der Waals surface area (Å²) in [6.45, 7) is 21.0. The van der Waals surface area contributed by atoms with Crippen molar-refractivity contribution in [3.8, 4) is 0 Å². The molecule has 0 heterocycles. The maximum absolute atomic E-state index is 10.8. The second kappa shape index (κ2) is 32.8. The molecule has 0 aliphatic heterocycles. The Morgan fingerprint density at radius 1 is 0.644 bits per heavy atom. The van der Waals surface area contributed by atoms with Crippen molar-refractivity contribution in [3.05, 3.63) is 146 Å². The number of hydrogen-bond donors (Lipinski definition) is 4. The summed E-state index contributed by atoms with van der Waals surface area (Å²) in [6.07, 6.45) is 5.31. The first-order valence-corrected chi connectivity index (χ1v) is 14.7. The highest BCUT2D eigenvalue weighted by Gasteiger charge is 1.95. The molecule has 3 aromatic carbocycles. The lowest BCUT2D eigenvalue weighted by atomic mass is 9.76. The van der Waals surface area contributed by atoms with Crippen molar-refractivity contribution in [2.45, 2.75) is 60.5 Å². The van der Waals surface area contributed by atoms with Crippen LogP contribution in [0.3, 0.4) is 0 Å². The number of nitrogens with one attached hydrogen (secondary N) is 1. The third-order valence-electron chi connectivity index (χ3n) is 4.11. The first-order chi connectivity index (χ1) is 21.3. The summed E-state index contributed by atoms with van der Waals surface area (Å²) in [6, 6.07) is 29.6. The van der Waals surface area contributed by atoms with Gasteiger partial charge in [-0.25, -0.2) is 4.79 Å². The number of amides is 1. The number of hydrogen-bond acceptors (Lipinski definition) is 6. The summed E-state index contributed by atoms with van der Waals surface area (Å²) in [7, 11) is 0. The van der Waals surface area contributed by atoms with Crippen molar-refractivity contribution in [2.75, 3.05) is 0 Å². The normalized spacial score (nSPS) is 8.38. The van der Waals surface area contributed by atoms with Gasteiger partial charge in [0.15, 0.2) is 0 Å². The number of allylic oxidation sites excluding steroid dienone is 1. The van der Waals surface area contributed by atoms with Crippen LogP contribution in [0, 0.1) is 0 Å². The second-order valence-corrected chi connectivity index (χ2v) is 9.96. The van der Waals surface area contributed by atoms with Gasteiger partial charge in [-0.15, -0.1) is 6.58 Å². The summed E-state index contributed by atoms with van der Waals surface area (Å²) in [5.74, 6) is -0.530. The zero-order chi connectivity index (χ0) is 34.9. The third-order valence-corrected chi connectivity index (χ3v) is 4.11. The zero-order valence-electron chi connectivity index (χ0n) is 27.9.